The SMILES string of the molecule is CCC(C)(Pc1ccc(C)cc1/C=N/C)c1cc(C)ccc1OCc1ccccc1. The number of aryl methyl sites for hydroxylation is 2. The molecule has 0 bridgehead atoms. The molecule has 156 valence electrons. The van der Waals surface area contributed by atoms with Gasteiger partial charge in [-0.05, 0) is 48.8 Å². The average Bonchev–Trinajstić information content (AvgIpc) is 2.75. The van der Waals surface area contributed by atoms with E-state index in [0.717, 1.165) is 12.2 Å². The van der Waals surface area contributed by atoms with Gasteiger partial charge in [-0.3, -0.25) is 4.99 Å². The molecule has 3 rings (SSSR count). The van der Waals surface area contributed by atoms with Gasteiger partial charge in [-0.15, -0.1) is 0 Å². The lowest BCUT2D eigenvalue weighted by Crippen LogP contribution is -2.21. The second-order valence-corrected chi connectivity index (χ2v) is 9.95. The molecule has 3 heteroatoms. The van der Waals surface area contributed by atoms with E-state index in [-0.39, 0.29) is 5.16 Å². The molecule has 0 aliphatic heterocycles. The number of rotatable bonds is 8. The summed E-state index contributed by atoms with van der Waals surface area (Å²) in [4.78, 5) is 4.29. The van der Waals surface area contributed by atoms with Crippen LogP contribution in [0.5, 0.6) is 5.75 Å². The Morgan fingerprint density at radius 3 is 2.37 bits per heavy atom. The highest BCUT2D eigenvalue weighted by Gasteiger charge is 2.29. The lowest BCUT2D eigenvalue weighted by Gasteiger charge is -2.32. The monoisotopic (exact) mass is 417 g/mol. The summed E-state index contributed by atoms with van der Waals surface area (Å²) in [5.74, 6) is 0.985. The molecule has 2 nitrogen and oxygen atoms in total. The smallest absolute Gasteiger partial charge is 0.123 e. The van der Waals surface area contributed by atoms with Crippen LogP contribution >= 0.6 is 8.58 Å². The zero-order chi connectivity index (χ0) is 21.6. The third-order valence-electron chi connectivity index (χ3n) is 5.56. The Kier molecular flexibility index (Phi) is 7.45. The van der Waals surface area contributed by atoms with Crippen molar-refractivity contribution in [2.45, 2.75) is 45.9 Å². The first-order valence-electron chi connectivity index (χ1n) is 10.5. The third-order valence-corrected chi connectivity index (χ3v) is 7.46. The Hall–Kier alpha value is -2.44. The summed E-state index contributed by atoms with van der Waals surface area (Å²) in [6.07, 6.45) is 3.02. The van der Waals surface area contributed by atoms with E-state index in [1.165, 1.54) is 33.1 Å². The van der Waals surface area contributed by atoms with Gasteiger partial charge in [-0.25, -0.2) is 0 Å². The van der Waals surface area contributed by atoms with Gasteiger partial charge in [-0.1, -0.05) is 88.2 Å². The van der Waals surface area contributed by atoms with Crippen molar-refractivity contribution in [3.05, 3.63) is 94.5 Å². The van der Waals surface area contributed by atoms with Gasteiger partial charge < -0.3 is 4.74 Å². The zero-order valence-corrected chi connectivity index (χ0v) is 19.7. The normalized spacial score (nSPS) is 13.8. The van der Waals surface area contributed by atoms with Crippen molar-refractivity contribution in [2.75, 3.05) is 7.05 Å². The van der Waals surface area contributed by atoms with Crippen molar-refractivity contribution in [2.24, 2.45) is 4.99 Å². The molecule has 0 aliphatic rings. The molecule has 0 aliphatic carbocycles. The maximum absolute atomic E-state index is 6.34. The number of aliphatic imine (C=N–C) groups is 1. The van der Waals surface area contributed by atoms with Crippen molar-refractivity contribution in [3.8, 4) is 5.75 Å². The Balaban J connectivity index is 1.96. The van der Waals surface area contributed by atoms with E-state index in [0.29, 0.717) is 15.2 Å². The highest BCUT2D eigenvalue weighted by atomic mass is 31.1. The average molecular weight is 418 g/mol. The van der Waals surface area contributed by atoms with Gasteiger partial charge in [0, 0.05) is 24.0 Å². The number of hydrogen-bond donors (Lipinski definition) is 0. The summed E-state index contributed by atoms with van der Waals surface area (Å²) in [6, 6.07) is 23.6. The number of benzene rings is 3. The van der Waals surface area contributed by atoms with E-state index in [9.17, 15) is 0 Å². The molecule has 0 aromatic heterocycles. The molecule has 0 spiro atoms. The van der Waals surface area contributed by atoms with Crippen LogP contribution in [0.25, 0.3) is 0 Å². The second kappa shape index (κ2) is 10.0. The van der Waals surface area contributed by atoms with E-state index in [2.05, 4.69) is 93.4 Å². The summed E-state index contributed by atoms with van der Waals surface area (Å²) < 4.78 is 6.34. The summed E-state index contributed by atoms with van der Waals surface area (Å²) in [5.41, 5.74) is 6.22. The molecule has 0 N–H and O–H groups in total. The molecule has 30 heavy (non-hydrogen) atoms. The van der Waals surface area contributed by atoms with Gasteiger partial charge in [0.25, 0.3) is 0 Å². The van der Waals surface area contributed by atoms with Crippen LogP contribution in [0.3, 0.4) is 0 Å². The lowest BCUT2D eigenvalue weighted by atomic mass is 9.95. The molecule has 2 unspecified atom stereocenters. The molecule has 3 aromatic rings. The predicted octanol–water partition coefficient (Wildman–Crippen LogP) is 6.56. The number of ether oxygens (including phenoxy) is 1. The van der Waals surface area contributed by atoms with Gasteiger partial charge in [0.05, 0.1) is 0 Å². The fourth-order valence-corrected chi connectivity index (χ4v) is 5.17. The molecule has 0 heterocycles. The van der Waals surface area contributed by atoms with Crippen LogP contribution in [0, 0.1) is 13.8 Å². The molecule has 0 radical (unpaired) electrons. The Morgan fingerprint density at radius 2 is 1.67 bits per heavy atom. The first kappa shape index (κ1) is 22.2. The van der Waals surface area contributed by atoms with E-state index in [1.54, 1.807) is 0 Å². The molecule has 0 saturated heterocycles. The van der Waals surface area contributed by atoms with Crippen LogP contribution < -0.4 is 10.0 Å². The third kappa shape index (κ3) is 5.37. The van der Waals surface area contributed by atoms with Crippen molar-refractivity contribution >= 4 is 20.1 Å². The largest absolute Gasteiger partial charge is 0.489 e. The minimum atomic E-state index is -0.0103. The first-order chi connectivity index (χ1) is 14.4. The van der Waals surface area contributed by atoms with E-state index < -0.39 is 0 Å². The van der Waals surface area contributed by atoms with Crippen LogP contribution in [0.4, 0.5) is 0 Å². The van der Waals surface area contributed by atoms with Gasteiger partial charge >= 0.3 is 0 Å². The Morgan fingerprint density at radius 1 is 0.967 bits per heavy atom. The van der Waals surface area contributed by atoms with Crippen LogP contribution in [-0.2, 0) is 11.8 Å². The van der Waals surface area contributed by atoms with E-state index >= 15 is 0 Å². The molecular weight excluding hydrogens is 385 g/mol. The summed E-state index contributed by atoms with van der Waals surface area (Å²) in [5, 5.41) is 1.34. The highest BCUT2D eigenvalue weighted by molar-refractivity contribution is 7.48. The van der Waals surface area contributed by atoms with Crippen LogP contribution in [0.1, 0.15) is 48.1 Å². The minimum absolute atomic E-state index is 0.0103. The molecule has 0 fully saturated rings. The van der Waals surface area contributed by atoms with Crippen molar-refractivity contribution in [3.63, 3.8) is 0 Å². The van der Waals surface area contributed by atoms with Crippen LogP contribution in [0.2, 0.25) is 0 Å². The van der Waals surface area contributed by atoms with Gasteiger partial charge in [0.15, 0.2) is 0 Å². The minimum Gasteiger partial charge on any atom is -0.489 e. The lowest BCUT2D eigenvalue weighted by molar-refractivity contribution is 0.299. The van der Waals surface area contributed by atoms with Crippen molar-refractivity contribution < 1.29 is 4.74 Å². The molecule has 3 aromatic carbocycles. The van der Waals surface area contributed by atoms with Crippen LogP contribution in [0.15, 0.2) is 71.7 Å². The van der Waals surface area contributed by atoms with Gasteiger partial charge in [-0.2, -0.15) is 0 Å². The highest BCUT2D eigenvalue weighted by Crippen LogP contribution is 2.48. The zero-order valence-electron chi connectivity index (χ0n) is 18.7. The predicted molar refractivity (Wildman–Crippen MR) is 132 cm³/mol. The van der Waals surface area contributed by atoms with Crippen molar-refractivity contribution in [1.82, 2.24) is 0 Å². The molecule has 2 atom stereocenters. The van der Waals surface area contributed by atoms with Gasteiger partial charge in [0.1, 0.15) is 12.4 Å². The summed E-state index contributed by atoms with van der Waals surface area (Å²) in [6.45, 7) is 9.51. The number of nitrogens with zero attached hydrogens (tertiary/aromatic N) is 1. The fraction of sp³-hybridized carbons (Fsp3) is 0.296. The second-order valence-electron chi connectivity index (χ2n) is 8.06. The number of hydrogen-bond acceptors (Lipinski definition) is 2. The maximum atomic E-state index is 6.34. The molecule has 0 saturated carbocycles. The quantitative estimate of drug-likeness (QED) is 0.300. The standard InChI is InChI=1S/C27H32NOP/c1-6-27(4,30-26-15-13-20(2)16-23(26)18-28-5)24-17-21(3)12-14-25(24)29-19-22-10-8-7-9-11-22/h7-18,30H,6,19H2,1-5H3/b28-18+. The Bertz CT molecular complexity index is 1010. The van der Waals surface area contributed by atoms with Crippen molar-refractivity contribution in [1.29, 1.82) is 0 Å². The van der Waals surface area contributed by atoms with Crippen LogP contribution in [-0.4, -0.2) is 13.3 Å². The van der Waals surface area contributed by atoms with E-state index in [1.807, 2.05) is 19.3 Å². The molecule has 0 amide bonds. The maximum Gasteiger partial charge on any atom is 0.123 e. The first-order valence-corrected chi connectivity index (χ1v) is 11.5. The molecular formula is C27H32NOP. The topological polar surface area (TPSA) is 21.6 Å². The Labute approximate surface area is 183 Å². The van der Waals surface area contributed by atoms with Gasteiger partial charge in [0.2, 0.25) is 0 Å². The summed E-state index contributed by atoms with van der Waals surface area (Å²) in [7, 11) is 2.46. The summed E-state index contributed by atoms with van der Waals surface area (Å²) >= 11 is 0. The fourth-order valence-electron chi connectivity index (χ4n) is 3.62. The van der Waals surface area contributed by atoms with E-state index in [4.69, 9.17) is 4.74 Å².